The van der Waals surface area contributed by atoms with Crippen molar-refractivity contribution in [3.05, 3.63) is 0 Å². The average Bonchev–Trinajstić information content (AvgIpc) is 2.23. The van der Waals surface area contributed by atoms with Crippen molar-refractivity contribution < 1.29 is 19.1 Å². The molecule has 0 aliphatic heterocycles. The minimum absolute atomic E-state index is 0.926. The van der Waals surface area contributed by atoms with Crippen LogP contribution < -0.4 is 0 Å². The molecule has 2 atom stereocenters. The standard InChI is InChI=1S/C8H8N2O4/c1-13-7(11)5(3-9)6(4-10)8(12)14-2/h5-6H,1-2H3. The van der Waals surface area contributed by atoms with Crippen molar-refractivity contribution in [2.75, 3.05) is 14.2 Å². The lowest BCUT2D eigenvalue weighted by atomic mass is 9.95. The molecular formula is C8H8N2O4. The Morgan fingerprint density at radius 1 is 1.00 bits per heavy atom. The number of nitrogens with zero attached hydrogens (tertiary/aromatic N) is 2. The molecule has 0 aliphatic carbocycles. The van der Waals surface area contributed by atoms with Gasteiger partial charge in [-0.25, -0.2) is 0 Å². The van der Waals surface area contributed by atoms with Crippen molar-refractivity contribution in [1.29, 1.82) is 10.5 Å². The largest absolute Gasteiger partial charge is 0.468 e. The smallest absolute Gasteiger partial charge is 0.325 e. The van der Waals surface area contributed by atoms with Gasteiger partial charge in [-0.1, -0.05) is 0 Å². The number of esters is 2. The number of hydrogen-bond donors (Lipinski definition) is 0. The maximum absolute atomic E-state index is 11.0. The van der Waals surface area contributed by atoms with Crippen molar-refractivity contribution in [3.8, 4) is 12.1 Å². The van der Waals surface area contributed by atoms with E-state index in [2.05, 4.69) is 9.47 Å². The van der Waals surface area contributed by atoms with Crippen LogP contribution in [0.1, 0.15) is 0 Å². The zero-order valence-electron chi connectivity index (χ0n) is 7.68. The molecule has 0 aromatic rings. The molecular weight excluding hydrogens is 188 g/mol. The van der Waals surface area contributed by atoms with Crippen LogP contribution in [0.15, 0.2) is 0 Å². The second-order valence-electron chi connectivity index (χ2n) is 2.26. The molecule has 0 radical (unpaired) electrons. The number of nitriles is 2. The molecule has 0 amide bonds. The van der Waals surface area contributed by atoms with Crippen molar-refractivity contribution in [2.45, 2.75) is 0 Å². The normalized spacial score (nSPS) is 12.9. The molecule has 0 saturated carbocycles. The number of hydrogen-bond acceptors (Lipinski definition) is 6. The molecule has 0 spiro atoms. The predicted octanol–water partition coefficient (Wildman–Crippen LogP) is -0.388. The number of carbonyl (C=O) groups is 2. The van der Waals surface area contributed by atoms with Crippen LogP contribution in [0.2, 0.25) is 0 Å². The molecule has 0 saturated heterocycles. The lowest BCUT2D eigenvalue weighted by Crippen LogP contribution is -2.29. The summed E-state index contributed by atoms with van der Waals surface area (Å²) in [4.78, 5) is 21.9. The Morgan fingerprint density at radius 3 is 1.43 bits per heavy atom. The molecule has 6 heteroatoms. The fraction of sp³-hybridized carbons (Fsp3) is 0.500. The third-order valence-corrected chi connectivity index (χ3v) is 1.52. The second-order valence-corrected chi connectivity index (χ2v) is 2.26. The summed E-state index contributed by atoms with van der Waals surface area (Å²) in [5.41, 5.74) is 0. The first-order chi connectivity index (χ1) is 6.62. The average molecular weight is 196 g/mol. The summed E-state index contributed by atoms with van der Waals surface area (Å²) in [5, 5.41) is 17.1. The first-order valence-electron chi connectivity index (χ1n) is 3.57. The van der Waals surface area contributed by atoms with Gasteiger partial charge in [0.15, 0.2) is 11.8 Å². The maximum Gasteiger partial charge on any atom is 0.325 e. The Labute approximate surface area is 80.6 Å². The van der Waals surface area contributed by atoms with Gasteiger partial charge in [0.2, 0.25) is 0 Å². The van der Waals surface area contributed by atoms with Gasteiger partial charge in [0.05, 0.1) is 26.4 Å². The van der Waals surface area contributed by atoms with Gasteiger partial charge in [-0.3, -0.25) is 9.59 Å². The highest BCUT2D eigenvalue weighted by molar-refractivity contribution is 5.85. The summed E-state index contributed by atoms with van der Waals surface area (Å²) in [6.45, 7) is 0. The van der Waals surface area contributed by atoms with E-state index in [0.29, 0.717) is 0 Å². The lowest BCUT2D eigenvalue weighted by Gasteiger charge is -2.10. The summed E-state index contributed by atoms with van der Waals surface area (Å²) < 4.78 is 8.52. The zero-order chi connectivity index (χ0) is 11.1. The molecule has 2 unspecified atom stereocenters. The third kappa shape index (κ3) is 2.46. The van der Waals surface area contributed by atoms with E-state index in [1.54, 1.807) is 0 Å². The van der Waals surface area contributed by atoms with Gasteiger partial charge in [-0.2, -0.15) is 10.5 Å². The fourth-order valence-electron chi connectivity index (χ4n) is 0.781. The summed E-state index contributed by atoms with van der Waals surface area (Å²) in [6, 6.07) is 3.04. The fourth-order valence-corrected chi connectivity index (χ4v) is 0.781. The van der Waals surface area contributed by atoms with E-state index < -0.39 is 23.8 Å². The van der Waals surface area contributed by atoms with Gasteiger partial charge in [0.1, 0.15) is 0 Å². The number of rotatable bonds is 3. The molecule has 0 aromatic carbocycles. The van der Waals surface area contributed by atoms with E-state index in [1.165, 1.54) is 12.1 Å². The van der Waals surface area contributed by atoms with Crippen LogP contribution in [-0.2, 0) is 19.1 Å². The van der Waals surface area contributed by atoms with E-state index in [1.807, 2.05) is 0 Å². The highest BCUT2D eigenvalue weighted by atomic mass is 16.5. The van der Waals surface area contributed by atoms with E-state index in [-0.39, 0.29) is 0 Å². The lowest BCUT2D eigenvalue weighted by molar-refractivity contribution is -0.153. The molecule has 6 nitrogen and oxygen atoms in total. The summed E-state index contributed by atoms with van der Waals surface area (Å²) in [6.07, 6.45) is 0. The van der Waals surface area contributed by atoms with Crippen molar-refractivity contribution in [3.63, 3.8) is 0 Å². The minimum atomic E-state index is -1.45. The highest BCUT2D eigenvalue weighted by Gasteiger charge is 2.35. The monoisotopic (exact) mass is 196 g/mol. The van der Waals surface area contributed by atoms with Crippen molar-refractivity contribution >= 4 is 11.9 Å². The quantitative estimate of drug-likeness (QED) is 0.570. The van der Waals surface area contributed by atoms with E-state index >= 15 is 0 Å². The number of carbonyl (C=O) groups excluding carboxylic acids is 2. The van der Waals surface area contributed by atoms with E-state index in [9.17, 15) is 9.59 Å². The molecule has 0 N–H and O–H groups in total. The van der Waals surface area contributed by atoms with Crippen LogP contribution in [0.3, 0.4) is 0 Å². The van der Waals surface area contributed by atoms with Gasteiger partial charge in [0.25, 0.3) is 0 Å². The van der Waals surface area contributed by atoms with Gasteiger partial charge >= 0.3 is 11.9 Å². The molecule has 0 heterocycles. The minimum Gasteiger partial charge on any atom is -0.468 e. The first kappa shape index (κ1) is 11.9. The third-order valence-electron chi connectivity index (χ3n) is 1.52. The summed E-state index contributed by atoms with van der Waals surface area (Å²) in [5.74, 6) is -4.75. The maximum atomic E-state index is 11.0. The second kappa shape index (κ2) is 5.55. The van der Waals surface area contributed by atoms with Gasteiger partial charge in [-0.15, -0.1) is 0 Å². The highest BCUT2D eigenvalue weighted by Crippen LogP contribution is 2.13. The molecule has 0 bridgehead atoms. The first-order valence-corrected chi connectivity index (χ1v) is 3.57. The van der Waals surface area contributed by atoms with Crippen LogP contribution in [0.25, 0.3) is 0 Å². The van der Waals surface area contributed by atoms with Crippen molar-refractivity contribution in [2.24, 2.45) is 11.8 Å². The molecule has 0 aliphatic rings. The SMILES string of the molecule is COC(=O)C(C#N)C(C#N)C(=O)OC. The Morgan fingerprint density at radius 2 is 1.29 bits per heavy atom. The Bertz CT molecular complexity index is 280. The summed E-state index contributed by atoms with van der Waals surface area (Å²) >= 11 is 0. The van der Waals surface area contributed by atoms with Crippen LogP contribution in [0.4, 0.5) is 0 Å². The molecule has 0 fully saturated rings. The Balaban J connectivity index is 4.84. The molecule has 74 valence electrons. The van der Waals surface area contributed by atoms with Gasteiger partial charge in [0, 0.05) is 0 Å². The van der Waals surface area contributed by atoms with E-state index in [4.69, 9.17) is 10.5 Å². The molecule has 0 rings (SSSR count). The summed E-state index contributed by atoms with van der Waals surface area (Å²) in [7, 11) is 2.14. The van der Waals surface area contributed by atoms with Crippen molar-refractivity contribution in [1.82, 2.24) is 0 Å². The Kier molecular flexibility index (Phi) is 4.72. The zero-order valence-corrected chi connectivity index (χ0v) is 7.68. The van der Waals surface area contributed by atoms with Crippen LogP contribution in [0.5, 0.6) is 0 Å². The van der Waals surface area contributed by atoms with E-state index in [0.717, 1.165) is 14.2 Å². The van der Waals surface area contributed by atoms with Crippen LogP contribution in [0, 0.1) is 34.5 Å². The molecule has 14 heavy (non-hydrogen) atoms. The number of ether oxygens (including phenoxy) is 2. The van der Waals surface area contributed by atoms with Crippen LogP contribution >= 0.6 is 0 Å². The van der Waals surface area contributed by atoms with Crippen LogP contribution in [-0.4, -0.2) is 26.2 Å². The number of methoxy groups -OCH3 is 2. The Hall–Kier alpha value is -2.08. The predicted molar refractivity (Wildman–Crippen MR) is 42.2 cm³/mol. The van der Waals surface area contributed by atoms with Gasteiger partial charge < -0.3 is 9.47 Å². The molecule has 0 aromatic heterocycles. The van der Waals surface area contributed by atoms with Gasteiger partial charge in [-0.05, 0) is 0 Å². The topological polar surface area (TPSA) is 100 Å².